The zero-order valence-corrected chi connectivity index (χ0v) is 13.8. The fourth-order valence-corrected chi connectivity index (χ4v) is 3.74. The monoisotopic (exact) mass is 349 g/mol. The zero-order chi connectivity index (χ0) is 17.4. The lowest BCUT2D eigenvalue weighted by atomic mass is 10.0. The summed E-state index contributed by atoms with van der Waals surface area (Å²) in [5.41, 5.74) is 2.71. The van der Waals surface area contributed by atoms with Crippen molar-refractivity contribution >= 4 is 29.4 Å². The van der Waals surface area contributed by atoms with Gasteiger partial charge >= 0.3 is 0 Å². The predicted octanol–water partition coefficient (Wildman–Crippen LogP) is 4.98. The van der Waals surface area contributed by atoms with Crippen LogP contribution in [0.25, 0.3) is 0 Å². The maximum atomic E-state index is 14.5. The predicted molar refractivity (Wildman–Crippen MR) is 95.8 cm³/mol. The van der Waals surface area contributed by atoms with Crippen molar-refractivity contribution in [2.75, 3.05) is 0 Å². The van der Waals surface area contributed by atoms with E-state index in [4.69, 9.17) is 0 Å². The van der Waals surface area contributed by atoms with Crippen molar-refractivity contribution in [1.29, 1.82) is 0 Å². The SMILES string of the molecule is O=Cc1ccc2c(c1)N=C(c1ccc(O)cc1F)c1ccccc1S2. The number of benzene rings is 3. The Bertz CT molecular complexity index is 1030. The molecule has 1 heterocycles. The Morgan fingerprint density at radius 3 is 2.60 bits per heavy atom. The van der Waals surface area contributed by atoms with Crippen LogP contribution in [0.2, 0.25) is 0 Å². The molecule has 0 amide bonds. The van der Waals surface area contributed by atoms with Gasteiger partial charge in [0, 0.05) is 32.5 Å². The van der Waals surface area contributed by atoms with Crippen LogP contribution in [-0.4, -0.2) is 17.1 Å². The summed E-state index contributed by atoms with van der Waals surface area (Å²) in [4.78, 5) is 17.6. The second kappa shape index (κ2) is 6.18. The van der Waals surface area contributed by atoms with Crippen LogP contribution in [0, 0.1) is 5.82 Å². The van der Waals surface area contributed by atoms with Gasteiger partial charge in [-0.05, 0) is 30.3 Å². The number of halogens is 1. The molecule has 0 atom stereocenters. The van der Waals surface area contributed by atoms with Crippen molar-refractivity contribution in [1.82, 2.24) is 0 Å². The number of aldehydes is 1. The number of fused-ring (bicyclic) bond motifs is 2. The quantitative estimate of drug-likeness (QED) is 0.519. The number of hydrogen-bond donors (Lipinski definition) is 1. The van der Waals surface area contributed by atoms with Gasteiger partial charge in [-0.2, -0.15) is 0 Å². The molecule has 1 aliphatic rings. The number of aliphatic imine (C=N–C) groups is 1. The van der Waals surface area contributed by atoms with Gasteiger partial charge in [-0.25, -0.2) is 9.38 Å². The van der Waals surface area contributed by atoms with E-state index in [0.717, 1.165) is 27.7 Å². The van der Waals surface area contributed by atoms with Crippen LogP contribution in [0.3, 0.4) is 0 Å². The van der Waals surface area contributed by atoms with Gasteiger partial charge in [0.25, 0.3) is 0 Å². The van der Waals surface area contributed by atoms with E-state index in [1.54, 1.807) is 12.1 Å². The van der Waals surface area contributed by atoms with Crippen molar-refractivity contribution in [3.8, 4) is 5.75 Å². The smallest absolute Gasteiger partial charge is 0.150 e. The lowest BCUT2D eigenvalue weighted by Crippen LogP contribution is -2.06. The van der Waals surface area contributed by atoms with Gasteiger partial charge in [0.1, 0.15) is 17.9 Å². The van der Waals surface area contributed by atoms with Crippen molar-refractivity contribution in [3.63, 3.8) is 0 Å². The van der Waals surface area contributed by atoms with Crippen molar-refractivity contribution < 1.29 is 14.3 Å². The van der Waals surface area contributed by atoms with Crippen LogP contribution in [0.15, 0.2) is 75.4 Å². The third kappa shape index (κ3) is 2.83. The molecule has 0 aromatic heterocycles. The molecule has 25 heavy (non-hydrogen) atoms. The molecule has 0 saturated heterocycles. The standard InChI is InChI=1S/C20H12FNO2S/c21-16-10-13(24)6-7-14(16)20-15-3-1-2-4-18(15)25-19-8-5-12(11-23)9-17(19)22-20/h1-11,24H. The van der Waals surface area contributed by atoms with E-state index in [-0.39, 0.29) is 5.75 Å². The van der Waals surface area contributed by atoms with Crippen molar-refractivity contribution in [3.05, 3.63) is 83.2 Å². The van der Waals surface area contributed by atoms with Gasteiger partial charge in [0.15, 0.2) is 0 Å². The highest BCUT2D eigenvalue weighted by atomic mass is 32.2. The number of aromatic hydroxyl groups is 1. The van der Waals surface area contributed by atoms with Crippen LogP contribution in [0.1, 0.15) is 21.5 Å². The van der Waals surface area contributed by atoms with Crippen LogP contribution >= 0.6 is 11.8 Å². The summed E-state index contributed by atoms with van der Waals surface area (Å²) in [5.74, 6) is -0.685. The van der Waals surface area contributed by atoms with Gasteiger partial charge in [-0.15, -0.1) is 0 Å². The summed E-state index contributed by atoms with van der Waals surface area (Å²) < 4.78 is 14.5. The number of carbonyl (C=O) groups is 1. The first kappa shape index (κ1) is 15.6. The molecule has 0 aliphatic carbocycles. The first-order valence-electron chi connectivity index (χ1n) is 7.60. The highest BCUT2D eigenvalue weighted by molar-refractivity contribution is 7.99. The summed E-state index contributed by atoms with van der Waals surface area (Å²) in [6, 6.07) is 16.9. The van der Waals surface area contributed by atoms with Crippen LogP contribution in [0.5, 0.6) is 5.75 Å². The topological polar surface area (TPSA) is 49.7 Å². The Balaban J connectivity index is 2.01. The molecular formula is C20H12FNO2S. The van der Waals surface area contributed by atoms with E-state index in [1.165, 1.54) is 23.9 Å². The maximum absolute atomic E-state index is 14.5. The van der Waals surface area contributed by atoms with E-state index < -0.39 is 5.82 Å². The van der Waals surface area contributed by atoms with E-state index >= 15 is 0 Å². The lowest BCUT2D eigenvalue weighted by molar-refractivity contribution is 0.112. The molecule has 0 saturated carbocycles. The minimum Gasteiger partial charge on any atom is -0.508 e. The fraction of sp³-hybridized carbons (Fsp3) is 0. The average molecular weight is 349 g/mol. The third-order valence-electron chi connectivity index (χ3n) is 3.92. The highest BCUT2D eigenvalue weighted by Crippen LogP contribution is 2.41. The largest absolute Gasteiger partial charge is 0.508 e. The molecule has 5 heteroatoms. The first-order chi connectivity index (χ1) is 12.2. The van der Waals surface area contributed by atoms with Gasteiger partial charge in [0.2, 0.25) is 0 Å². The molecule has 0 radical (unpaired) electrons. The minimum absolute atomic E-state index is 0.137. The van der Waals surface area contributed by atoms with Crippen LogP contribution < -0.4 is 0 Å². The molecule has 4 rings (SSSR count). The molecule has 0 fully saturated rings. The fourth-order valence-electron chi connectivity index (χ4n) is 2.73. The van der Waals surface area contributed by atoms with Gasteiger partial charge in [-0.3, -0.25) is 4.79 Å². The summed E-state index contributed by atoms with van der Waals surface area (Å²) in [5, 5.41) is 9.49. The number of rotatable bonds is 2. The molecule has 3 aromatic carbocycles. The third-order valence-corrected chi connectivity index (χ3v) is 5.06. The minimum atomic E-state index is -0.548. The summed E-state index contributed by atoms with van der Waals surface area (Å²) in [6.45, 7) is 0. The molecule has 0 bridgehead atoms. The Morgan fingerprint density at radius 2 is 1.80 bits per heavy atom. The van der Waals surface area contributed by atoms with E-state index in [9.17, 15) is 14.3 Å². The Morgan fingerprint density at radius 1 is 0.960 bits per heavy atom. The highest BCUT2D eigenvalue weighted by Gasteiger charge is 2.21. The lowest BCUT2D eigenvalue weighted by Gasteiger charge is -2.10. The molecule has 0 unspecified atom stereocenters. The molecule has 122 valence electrons. The Kier molecular flexibility index (Phi) is 3.86. The van der Waals surface area contributed by atoms with Crippen molar-refractivity contribution in [2.45, 2.75) is 9.79 Å². The second-order valence-electron chi connectivity index (χ2n) is 5.57. The summed E-state index contributed by atoms with van der Waals surface area (Å²) in [6.07, 6.45) is 0.763. The number of phenolic OH excluding ortho intramolecular Hbond substituents is 1. The summed E-state index contributed by atoms with van der Waals surface area (Å²) >= 11 is 1.53. The number of hydrogen-bond acceptors (Lipinski definition) is 4. The molecule has 1 aliphatic heterocycles. The Labute approximate surface area is 147 Å². The van der Waals surface area contributed by atoms with E-state index in [2.05, 4.69) is 4.99 Å². The number of carbonyl (C=O) groups excluding carboxylic acids is 1. The molecule has 3 aromatic rings. The average Bonchev–Trinajstić information content (AvgIpc) is 2.77. The summed E-state index contributed by atoms with van der Waals surface area (Å²) in [7, 11) is 0. The van der Waals surface area contributed by atoms with Gasteiger partial charge < -0.3 is 5.11 Å². The van der Waals surface area contributed by atoms with Crippen molar-refractivity contribution in [2.24, 2.45) is 4.99 Å². The van der Waals surface area contributed by atoms with E-state index in [0.29, 0.717) is 22.5 Å². The first-order valence-corrected chi connectivity index (χ1v) is 8.41. The van der Waals surface area contributed by atoms with Crippen LogP contribution in [0.4, 0.5) is 10.1 Å². The molecule has 1 N–H and O–H groups in total. The zero-order valence-electron chi connectivity index (χ0n) is 12.9. The maximum Gasteiger partial charge on any atom is 0.150 e. The normalized spacial score (nSPS) is 12.6. The van der Waals surface area contributed by atoms with Crippen LogP contribution in [-0.2, 0) is 0 Å². The van der Waals surface area contributed by atoms with E-state index in [1.807, 2.05) is 30.3 Å². The van der Waals surface area contributed by atoms with Gasteiger partial charge in [-0.1, -0.05) is 36.0 Å². The number of nitrogens with zero attached hydrogens (tertiary/aromatic N) is 1. The molecule has 0 spiro atoms. The number of phenols is 1. The Hall–Kier alpha value is -2.92. The second-order valence-corrected chi connectivity index (χ2v) is 6.65. The van der Waals surface area contributed by atoms with Gasteiger partial charge in [0.05, 0.1) is 11.4 Å². The molecule has 3 nitrogen and oxygen atoms in total. The molecular weight excluding hydrogens is 337 g/mol.